The highest BCUT2D eigenvalue weighted by Crippen LogP contribution is 2.23. The van der Waals surface area contributed by atoms with Gasteiger partial charge in [0.1, 0.15) is 0 Å². The number of ether oxygens (including phenoxy) is 1. The number of para-hydroxylation sites is 2. The number of benzene rings is 2. The number of thiazole rings is 1. The highest BCUT2D eigenvalue weighted by molar-refractivity contribution is 7.18. The Hall–Kier alpha value is -3.06. The first-order valence-corrected chi connectivity index (χ1v) is 10.2. The van der Waals surface area contributed by atoms with Gasteiger partial charge < -0.3 is 10.1 Å². The van der Waals surface area contributed by atoms with Gasteiger partial charge in [0.25, 0.3) is 5.91 Å². The molecule has 7 heteroatoms. The third kappa shape index (κ3) is 5.96. The van der Waals surface area contributed by atoms with Crippen molar-refractivity contribution in [2.45, 2.75) is 32.6 Å². The van der Waals surface area contributed by atoms with Crippen LogP contribution in [0.15, 0.2) is 48.5 Å². The average molecular weight is 410 g/mol. The van der Waals surface area contributed by atoms with Crippen molar-refractivity contribution in [3.63, 3.8) is 0 Å². The lowest BCUT2D eigenvalue weighted by Gasteiger charge is -2.09. The van der Waals surface area contributed by atoms with Gasteiger partial charge in [-0.25, -0.2) is 4.98 Å². The summed E-state index contributed by atoms with van der Waals surface area (Å²) < 4.78 is 6.19. The predicted octanol–water partition coefficient (Wildman–Crippen LogP) is 4.39. The summed E-state index contributed by atoms with van der Waals surface area (Å²) in [5.74, 6) is -1.03. The van der Waals surface area contributed by atoms with Gasteiger partial charge in [0.05, 0.1) is 20.9 Å². The number of nitrogens with one attached hydrogen (secondary N) is 1. The van der Waals surface area contributed by atoms with Crippen molar-refractivity contribution < 1.29 is 19.1 Å². The van der Waals surface area contributed by atoms with Crippen LogP contribution >= 0.6 is 11.3 Å². The predicted molar refractivity (Wildman–Crippen MR) is 113 cm³/mol. The third-order valence-electron chi connectivity index (χ3n) is 4.30. The molecule has 2 aromatic carbocycles. The molecule has 6 nitrogen and oxygen atoms in total. The summed E-state index contributed by atoms with van der Waals surface area (Å²) in [4.78, 5) is 40.0. The van der Waals surface area contributed by atoms with E-state index in [1.165, 1.54) is 11.6 Å². The highest BCUT2D eigenvalue weighted by Gasteiger charge is 2.12. The van der Waals surface area contributed by atoms with E-state index in [1.807, 2.05) is 24.3 Å². The standard InChI is InChI=1S/C22H22N2O4S/c1-15(25)16-8-2-3-9-17(16)23-20(26)14-28-22(27)13-7-6-12-21-24-18-10-4-5-11-19(18)29-21/h2-5,8-11H,6-7,12-14H2,1H3,(H,23,26). The molecule has 3 aromatic rings. The van der Waals surface area contributed by atoms with Gasteiger partial charge in [0, 0.05) is 12.0 Å². The minimum Gasteiger partial charge on any atom is -0.456 e. The number of fused-ring (bicyclic) bond motifs is 1. The van der Waals surface area contributed by atoms with E-state index >= 15 is 0 Å². The van der Waals surface area contributed by atoms with Gasteiger partial charge >= 0.3 is 5.97 Å². The number of Topliss-reactive ketones (excluding diaryl/α,β-unsaturated/α-hetero) is 1. The van der Waals surface area contributed by atoms with E-state index in [9.17, 15) is 14.4 Å². The fourth-order valence-corrected chi connectivity index (χ4v) is 3.89. The maximum absolute atomic E-state index is 12.0. The molecule has 3 rings (SSSR count). The Morgan fingerprint density at radius 2 is 1.79 bits per heavy atom. The van der Waals surface area contributed by atoms with E-state index in [0.717, 1.165) is 23.4 Å². The van der Waals surface area contributed by atoms with Gasteiger partial charge in [-0.2, -0.15) is 0 Å². The molecular formula is C22H22N2O4S. The summed E-state index contributed by atoms with van der Waals surface area (Å²) in [6.07, 6.45) is 2.56. The Bertz CT molecular complexity index is 995. The molecule has 0 bridgehead atoms. The summed E-state index contributed by atoms with van der Waals surface area (Å²) in [7, 11) is 0. The normalized spacial score (nSPS) is 10.7. The smallest absolute Gasteiger partial charge is 0.306 e. The molecule has 150 valence electrons. The van der Waals surface area contributed by atoms with Gasteiger partial charge in [0.2, 0.25) is 0 Å². The number of ketones is 1. The van der Waals surface area contributed by atoms with Gasteiger partial charge in [-0.3, -0.25) is 14.4 Å². The molecule has 0 fully saturated rings. The summed E-state index contributed by atoms with van der Waals surface area (Å²) in [6, 6.07) is 14.7. The lowest BCUT2D eigenvalue weighted by Crippen LogP contribution is -2.21. The molecule has 0 atom stereocenters. The number of rotatable bonds is 9. The third-order valence-corrected chi connectivity index (χ3v) is 5.40. The molecule has 1 amide bonds. The molecule has 0 spiro atoms. The molecule has 0 aliphatic rings. The molecule has 0 aliphatic heterocycles. The SMILES string of the molecule is CC(=O)c1ccccc1NC(=O)COC(=O)CCCCc1nc2ccccc2s1. The minimum absolute atomic E-state index is 0.147. The molecule has 0 saturated heterocycles. The van der Waals surface area contributed by atoms with E-state index in [-0.39, 0.29) is 18.8 Å². The lowest BCUT2D eigenvalue weighted by molar-refractivity contribution is -0.147. The zero-order valence-electron chi connectivity index (χ0n) is 16.1. The van der Waals surface area contributed by atoms with Gasteiger partial charge in [0.15, 0.2) is 12.4 Å². The fraction of sp³-hybridized carbons (Fsp3) is 0.273. The van der Waals surface area contributed by atoms with Gasteiger partial charge in [-0.1, -0.05) is 24.3 Å². The second kappa shape index (κ2) is 9.93. The van der Waals surface area contributed by atoms with Crippen molar-refractivity contribution in [3.8, 4) is 0 Å². The van der Waals surface area contributed by atoms with Crippen LogP contribution in [-0.2, 0) is 20.7 Å². The monoisotopic (exact) mass is 410 g/mol. The number of hydrogen-bond acceptors (Lipinski definition) is 6. The van der Waals surface area contributed by atoms with Crippen LogP contribution in [0.2, 0.25) is 0 Å². The van der Waals surface area contributed by atoms with Crippen LogP contribution in [0.3, 0.4) is 0 Å². The van der Waals surface area contributed by atoms with Crippen LogP contribution in [0.1, 0.15) is 41.6 Å². The average Bonchev–Trinajstić information content (AvgIpc) is 3.13. The van der Waals surface area contributed by atoms with E-state index in [0.29, 0.717) is 17.7 Å². The Morgan fingerprint density at radius 1 is 1.03 bits per heavy atom. The first-order chi connectivity index (χ1) is 14.0. The van der Waals surface area contributed by atoms with E-state index in [1.54, 1.807) is 35.6 Å². The second-order valence-corrected chi connectivity index (χ2v) is 7.71. The number of esters is 1. The maximum atomic E-state index is 12.0. The molecule has 29 heavy (non-hydrogen) atoms. The Kier molecular flexibility index (Phi) is 7.08. The van der Waals surface area contributed by atoms with Crippen LogP contribution in [0.5, 0.6) is 0 Å². The second-order valence-electron chi connectivity index (χ2n) is 6.59. The van der Waals surface area contributed by atoms with Crippen molar-refractivity contribution in [2.75, 3.05) is 11.9 Å². The van der Waals surface area contributed by atoms with Crippen molar-refractivity contribution in [2.24, 2.45) is 0 Å². The number of carbonyl (C=O) groups is 3. The Morgan fingerprint density at radius 3 is 2.59 bits per heavy atom. The number of aromatic nitrogens is 1. The molecule has 1 heterocycles. The molecular weight excluding hydrogens is 388 g/mol. The van der Waals surface area contributed by atoms with Gasteiger partial charge in [-0.15, -0.1) is 11.3 Å². The van der Waals surface area contributed by atoms with Crippen LogP contribution in [0.25, 0.3) is 10.2 Å². The summed E-state index contributed by atoms with van der Waals surface area (Å²) in [5.41, 5.74) is 1.84. The summed E-state index contributed by atoms with van der Waals surface area (Å²) >= 11 is 1.67. The Balaban J connectivity index is 1.36. The van der Waals surface area contributed by atoms with E-state index in [2.05, 4.69) is 10.3 Å². The van der Waals surface area contributed by atoms with Gasteiger partial charge in [-0.05, 0) is 50.5 Å². The zero-order chi connectivity index (χ0) is 20.6. The Labute approximate surface area is 172 Å². The molecule has 1 aromatic heterocycles. The quantitative estimate of drug-likeness (QED) is 0.321. The number of amides is 1. The first-order valence-electron chi connectivity index (χ1n) is 9.43. The number of nitrogens with zero attached hydrogens (tertiary/aromatic N) is 1. The minimum atomic E-state index is -0.471. The highest BCUT2D eigenvalue weighted by atomic mass is 32.1. The van der Waals surface area contributed by atoms with E-state index < -0.39 is 11.9 Å². The number of anilines is 1. The van der Waals surface area contributed by atoms with Crippen LogP contribution in [0.4, 0.5) is 5.69 Å². The van der Waals surface area contributed by atoms with Crippen molar-refractivity contribution in [1.29, 1.82) is 0 Å². The molecule has 1 N–H and O–H groups in total. The topological polar surface area (TPSA) is 85.4 Å². The number of hydrogen-bond donors (Lipinski definition) is 1. The lowest BCUT2D eigenvalue weighted by atomic mass is 10.1. The van der Waals surface area contributed by atoms with Crippen LogP contribution in [0, 0.1) is 0 Å². The molecule has 0 aliphatic carbocycles. The number of carbonyl (C=O) groups excluding carboxylic acids is 3. The number of unbranched alkanes of at least 4 members (excludes halogenated alkanes) is 1. The maximum Gasteiger partial charge on any atom is 0.306 e. The van der Waals surface area contributed by atoms with Crippen LogP contribution in [-0.4, -0.2) is 29.3 Å². The van der Waals surface area contributed by atoms with Crippen molar-refractivity contribution >= 4 is 44.9 Å². The first kappa shape index (κ1) is 20.7. The summed E-state index contributed by atoms with van der Waals surface area (Å²) in [5, 5.41) is 3.66. The molecule has 0 radical (unpaired) electrons. The zero-order valence-corrected chi connectivity index (χ0v) is 17.0. The molecule has 0 unspecified atom stereocenters. The molecule has 0 saturated carbocycles. The van der Waals surface area contributed by atoms with Crippen molar-refractivity contribution in [1.82, 2.24) is 4.98 Å². The largest absolute Gasteiger partial charge is 0.456 e. The fourth-order valence-electron chi connectivity index (χ4n) is 2.88. The summed E-state index contributed by atoms with van der Waals surface area (Å²) in [6.45, 7) is 1.06. The van der Waals surface area contributed by atoms with Crippen LogP contribution < -0.4 is 5.32 Å². The van der Waals surface area contributed by atoms with E-state index in [4.69, 9.17) is 4.74 Å². The van der Waals surface area contributed by atoms with Crippen molar-refractivity contribution in [3.05, 3.63) is 59.1 Å². The number of aryl methyl sites for hydroxylation is 1.